The van der Waals surface area contributed by atoms with E-state index in [0.717, 1.165) is 31.4 Å². The molecule has 0 saturated heterocycles. The third kappa shape index (κ3) is 5.43. The summed E-state index contributed by atoms with van der Waals surface area (Å²) in [5.74, 6) is -0.644. The van der Waals surface area contributed by atoms with Crippen LogP contribution in [0.5, 0.6) is 5.75 Å². The second-order valence-corrected chi connectivity index (χ2v) is 7.75. The fourth-order valence-electron chi connectivity index (χ4n) is 1.98. The second kappa shape index (κ2) is 8.46. The topological polar surface area (TPSA) is 81.7 Å². The van der Waals surface area contributed by atoms with E-state index in [9.17, 15) is 26.4 Å². The van der Waals surface area contributed by atoms with Gasteiger partial charge < -0.3 is 9.47 Å². The Morgan fingerprint density at radius 1 is 1.11 bits per heavy atom. The average molecular weight is 458 g/mol. The lowest BCUT2D eigenvalue weighted by atomic mass is 10.2. The van der Waals surface area contributed by atoms with E-state index in [0.29, 0.717) is 6.07 Å². The van der Waals surface area contributed by atoms with Gasteiger partial charge in [-0.15, -0.1) is 0 Å². The van der Waals surface area contributed by atoms with Crippen LogP contribution in [0.25, 0.3) is 0 Å². The zero-order valence-corrected chi connectivity index (χ0v) is 16.3. The van der Waals surface area contributed by atoms with Crippen LogP contribution in [-0.4, -0.2) is 28.1 Å². The number of methoxy groups -OCH3 is 1. The third-order valence-corrected chi connectivity index (χ3v) is 5.31. The normalized spacial score (nSPS) is 11.8. The number of carbonyl (C=O) groups is 1. The minimum Gasteiger partial charge on any atom is -0.480 e. The van der Waals surface area contributed by atoms with Crippen molar-refractivity contribution in [3.05, 3.63) is 52.0 Å². The smallest absolute Gasteiger partial charge is 0.417 e. The summed E-state index contributed by atoms with van der Waals surface area (Å²) in [6, 6.07) is 5.93. The van der Waals surface area contributed by atoms with Crippen LogP contribution >= 0.6 is 23.2 Å². The van der Waals surface area contributed by atoms with Crippen molar-refractivity contribution in [1.82, 2.24) is 0 Å². The van der Waals surface area contributed by atoms with Crippen LogP contribution in [0.2, 0.25) is 10.0 Å². The second-order valence-electron chi connectivity index (χ2n) is 5.25. The molecule has 2 rings (SSSR count). The van der Waals surface area contributed by atoms with Crippen LogP contribution in [0.4, 0.5) is 18.9 Å². The van der Waals surface area contributed by atoms with Crippen LogP contribution < -0.4 is 9.46 Å². The number of hydrogen-bond acceptors (Lipinski definition) is 5. The molecule has 6 nitrogen and oxygen atoms in total. The number of sulfonamides is 1. The number of benzene rings is 2. The van der Waals surface area contributed by atoms with Crippen molar-refractivity contribution < 1.29 is 35.9 Å². The molecule has 0 unspecified atom stereocenters. The molecule has 0 radical (unpaired) electrons. The van der Waals surface area contributed by atoms with Crippen molar-refractivity contribution in [1.29, 1.82) is 0 Å². The summed E-state index contributed by atoms with van der Waals surface area (Å²) in [4.78, 5) is 10.7. The van der Waals surface area contributed by atoms with Gasteiger partial charge >= 0.3 is 12.1 Å². The molecule has 0 saturated carbocycles. The van der Waals surface area contributed by atoms with Crippen LogP contribution in [-0.2, 0) is 25.7 Å². The molecule has 12 heteroatoms. The van der Waals surface area contributed by atoms with Gasteiger partial charge in [0.25, 0.3) is 10.0 Å². The number of rotatable bonds is 6. The maximum atomic E-state index is 12.9. The fourth-order valence-corrected chi connectivity index (χ4v) is 3.58. The number of esters is 1. The van der Waals surface area contributed by atoms with Crippen molar-refractivity contribution in [3.63, 3.8) is 0 Å². The van der Waals surface area contributed by atoms with Gasteiger partial charge in [0.2, 0.25) is 0 Å². The van der Waals surface area contributed by atoms with Gasteiger partial charge in [0, 0.05) is 5.69 Å². The minimum atomic E-state index is -4.75. The van der Waals surface area contributed by atoms with Crippen molar-refractivity contribution >= 4 is 44.9 Å². The monoisotopic (exact) mass is 457 g/mol. The predicted molar refractivity (Wildman–Crippen MR) is 96.2 cm³/mol. The Morgan fingerprint density at radius 2 is 1.79 bits per heavy atom. The summed E-state index contributed by atoms with van der Waals surface area (Å²) < 4.78 is 75.1. The molecule has 0 aliphatic rings. The molecule has 0 bridgehead atoms. The Kier molecular flexibility index (Phi) is 6.68. The number of halogens is 5. The summed E-state index contributed by atoms with van der Waals surface area (Å²) in [5.41, 5.74) is -1.52. The number of carbonyl (C=O) groups excluding carboxylic acids is 1. The molecule has 2 aromatic rings. The van der Waals surface area contributed by atoms with Crippen molar-refractivity contribution in [2.75, 3.05) is 18.4 Å². The van der Waals surface area contributed by atoms with Crippen molar-refractivity contribution in [2.45, 2.75) is 11.1 Å². The lowest BCUT2D eigenvalue weighted by molar-refractivity contribution is -0.143. The number of ether oxygens (including phenoxy) is 2. The molecule has 0 amide bonds. The maximum absolute atomic E-state index is 12.9. The van der Waals surface area contributed by atoms with Gasteiger partial charge in [-0.3, -0.25) is 4.72 Å². The van der Waals surface area contributed by atoms with E-state index in [1.807, 2.05) is 4.72 Å². The number of anilines is 1. The Hall–Kier alpha value is -2.17. The molecule has 152 valence electrons. The molecular formula is C16H12Cl2F3NO5S. The van der Waals surface area contributed by atoms with E-state index in [1.54, 1.807) is 0 Å². The lowest BCUT2D eigenvalue weighted by Crippen LogP contribution is -2.15. The Bertz CT molecular complexity index is 996. The van der Waals surface area contributed by atoms with E-state index in [1.165, 1.54) is 6.07 Å². The Labute approximate surface area is 168 Å². The fraction of sp³-hybridized carbons (Fsp3) is 0.188. The van der Waals surface area contributed by atoms with Crippen molar-refractivity contribution in [2.24, 2.45) is 0 Å². The summed E-state index contributed by atoms with van der Waals surface area (Å²) >= 11 is 11.4. The summed E-state index contributed by atoms with van der Waals surface area (Å²) in [5, 5.41) is -0.690. The van der Waals surface area contributed by atoms with Gasteiger partial charge in [0.1, 0.15) is 5.75 Å². The van der Waals surface area contributed by atoms with E-state index in [4.69, 9.17) is 27.9 Å². The first kappa shape index (κ1) is 22.1. The molecule has 0 fully saturated rings. The quantitative estimate of drug-likeness (QED) is 0.651. The molecule has 1 N–H and O–H groups in total. The van der Waals surface area contributed by atoms with Gasteiger partial charge in [0.05, 0.1) is 27.6 Å². The van der Waals surface area contributed by atoms with Crippen LogP contribution in [0.1, 0.15) is 5.56 Å². The molecule has 0 atom stereocenters. The van der Waals surface area contributed by atoms with E-state index in [2.05, 4.69) is 4.74 Å². The highest BCUT2D eigenvalue weighted by Crippen LogP contribution is 2.36. The van der Waals surface area contributed by atoms with E-state index >= 15 is 0 Å². The molecule has 0 heterocycles. The average Bonchev–Trinajstić information content (AvgIpc) is 2.60. The predicted octanol–water partition coefficient (Wildman–Crippen LogP) is 4.36. The first-order chi connectivity index (χ1) is 12.9. The number of nitrogens with one attached hydrogen (secondary N) is 1. The van der Waals surface area contributed by atoms with Gasteiger partial charge in [-0.25, -0.2) is 13.2 Å². The first-order valence-corrected chi connectivity index (χ1v) is 9.56. The molecule has 0 spiro atoms. The zero-order valence-electron chi connectivity index (χ0n) is 14.0. The largest absolute Gasteiger partial charge is 0.480 e. The first-order valence-electron chi connectivity index (χ1n) is 7.33. The molecule has 0 aromatic heterocycles. The highest BCUT2D eigenvalue weighted by Gasteiger charge is 2.33. The van der Waals surface area contributed by atoms with Crippen molar-refractivity contribution in [3.8, 4) is 5.75 Å². The van der Waals surface area contributed by atoms with E-state index in [-0.39, 0.29) is 21.4 Å². The summed E-state index contributed by atoms with van der Waals surface area (Å²) in [6.07, 6.45) is -4.75. The van der Waals surface area contributed by atoms with Gasteiger partial charge in [-0.05, 0) is 36.4 Å². The molecule has 0 aliphatic carbocycles. The van der Waals surface area contributed by atoms with Gasteiger partial charge in [-0.1, -0.05) is 23.2 Å². The summed E-state index contributed by atoms with van der Waals surface area (Å²) in [6.45, 7) is -0.439. The molecule has 0 aliphatic heterocycles. The van der Waals surface area contributed by atoms with Crippen LogP contribution in [0, 0.1) is 0 Å². The highest BCUT2D eigenvalue weighted by atomic mass is 35.5. The minimum absolute atomic E-state index is 0.0249. The summed E-state index contributed by atoms with van der Waals surface area (Å²) in [7, 11) is -3.09. The number of hydrogen-bond donors (Lipinski definition) is 1. The van der Waals surface area contributed by atoms with Gasteiger partial charge in [-0.2, -0.15) is 13.2 Å². The molecule has 2 aromatic carbocycles. The number of alkyl halides is 3. The third-order valence-electron chi connectivity index (χ3n) is 3.31. The Balaban J connectivity index is 2.26. The Morgan fingerprint density at radius 3 is 2.36 bits per heavy atom. The molecule has 28 heavy (non-hydrogen) atoms. The standard InChI is InChI=1S/C16H12Cl2F3NO5S/c1-26-15(23)8-27-14-5-3-10(7-13(14)18)28(24,25)22-9-2-4-12(17)11(6-9)16(19,20)21/h2-7,22H,8H2,1H3. The maximum Gasteiger partial charge on any atom is 0.417 e. The highest BCUT2D eigenvalue weighted by molar-refractivity contribution is 7.92. The molecular weight excluding hydrogens is 446 g/mol. The zero-order chi connectivity index (χ0) is 21.1. The van der Waals surface area contributed by atoms with Crippen LogP contribution in [0.15, 0.2) is 41.3 Å². The lowest BCUT2D eigenvalue weighted by Gasteiger charge is -2.13. The van der Waals surface area contributed by atoms with E-state index < -0.39 is 39.4 Å². The SMILES string of the molecule is COC(=O)COc1ccc(S(=O)(=O)Nc2ccc(Cl)c(C(F)(F)F)c2)cc1Cl. The van der Waals surface area contributed by atoms with Gasteiger partial charge in [0.15, 0.2) is 6.61 Å². The van der Waals surface area contributed by atoms with Crippen LogP contribution in [0.3, 0.4) is 0 Å².